The number of nitrogens with two attached hydrogens (primary N) is 1. The van der Waals surface area contributed by atoms with Gasteiger partial charge in [-0.2, -0.15) is 0 Å². The van der Waals surface area contributed by atoms with E-state index in [-0.39, 0.29) is 30.3 Å². The minimum absolute atomic E-state index is 0. The van der Waals surface area contributed by atoms with Crippen molar-refractivity contribution in [1.29, 1.82) is 0 Å². The van der Waals surface area contributed by atoms with Gasteiger partial charge >= 0.3 is 0 Å². The van der Waals surface area contributed by atoms with Crippen molar-refractivity contribution in [3.8, 4) is 0 Å². The lowest BCUT2D eigenvalue weighted by atomic mass is 10.0. The number of nitrogens with one attached hydrogen (secondary N) is 1. The van der Waals surface area contributed by atoms with Crippen LogP contribution in [0, 0.1) is 13.8 Å². The van der Waals surface area contributed by atoms with Gasteiger partial charge in [0.15, 0.2) is 0 Å². The van der Waals surface area contributed by atoms with Crippen molar-refractivity contribution in [3.05, 3.63) is 59.0 Å². The quantitative estimate of drug-likeness (QED) is 0.838. The van der Waals surface area contributed by atoms with Gasteiger partial charge in [-0.25, -0.2) is 0 Å². The molecule has 0 aliphatic carbocycles. The van der Waals surface area contributed by atoms with E-state index in [2.05, 4.69) is 5.32 Å². The number of carbonyl (C=O) groups is 2. The van der Waals surface area contributed by atoms with Crippen LogP contribution in [0.2, 0.25) is 0 Å². The molecule has 7 heteroatoms. The second kappa shape index (κ2) is 9.06. The van der Waals surface area contributed by atoms with E-state index in [4.69, 9.17) is 10.2 Å². The van der Waals surface area contributed by atoms with Gasteiger partial charge in [-0.3, -0.25) is 9.59 Å². The summed E-state index contributed by atoms with van der Waals surface area (Å²) in [5.74, 6) is 0.417. The minimum Gasteiger partial charge on any atom is -0.469 e. The lowest BCUT2D eigenvalue weighted by Crippen LogP contribution is -2.48. The normalized spacial score (nSPS) is 15.7. The molecule has 3 N–H and O–H groups in total. The molecule has 1 saturated heterocycles. The number of benzene rings is 1. The van der Waals surface area contributed by atoms with Crippen molar-refractivity contribution in [2.24, 2.45) is 5.73 Å². The first-order chi connectivity index (χ1) is 12.5. The predicted octanol–water partition coefficient (Wildman–Crippen LogP) is 2.74. The third kappa shape index (κ3) is 4.90. The zero-order valence-corrected chi connectivity index (χ0v) is 16.4. The molecular weight excluding hydrogens is 366 g/mol. The van der Waals surface area contributed by atoms with Crippen LogP contribution in [0.1, 0.15) is 46.1 Å². The van der Waals surface area contributed by atoms with Gasteiger partial charge in [-0.05, 0) is 38.3 Å². The first-order valence-corrected chi connectivity index (χ1v) is 8.91. The second-order valence-electron chi connectivity index (χ2n) is 6.85. The van der Waals surface area contributed by atoms with Crippen LogP contribution in [0.15, 0.2) is 41.0 Å². The Morgan fingerprint density at radius 3 is 2.33 bits per heavy atom. The summed E-state index contributed by atoms with van der Waals surface area (Å²) in [6, 6.07) is 8.80. The molecule has 1 atom stereocenters. The van der Waals surface area contributed by atoms with E-state index >= 15 is 0 Å². The number of aryl methyl sites for hydroxylation is 2. The summed E-state index contributed by atoms with van der Waals surface area (Å²) in [5, 5.41) is 3.02. The minimum atomic E-state index is -0.643. The van der Waals surface area contributed by atoms with Crippen LogP contribution >= 0.6 is 12.4 Å². The molecule has 2 heterocycles. The number of amides is 2. The van der Waals surface area contributed by atoms with Crippen molar-refractivity contribution < 1.29 is 14.0 Å². The SMILES string of the molecule is Cc1ccc(C(N)C(=O)N2CCC(NC(=O)c3ccoc3C)CC2)cc1.Cl. The molecule has 1 aliphatic rings. The first-order valence-electron chi connectivity index (χ1n) is 8.91. The van der Waals surface area contributed by atoms with E-state index in [0.717, 1.165) is 24.0 Å². The maximum absolute atomic E-state index is 12.6. The molecule has 0 bridgehead atoms. The molecule has 2 aromatic rings. The van der Waals surface area contributed by atoms with E-state index in [0.29, 0.717) is 24.4 Å². The van der Waals surface area contributed by atoms with Gasteiger partial charge in [0.05, 0.1) is 11.8 Å². The highest BCUT2D eigenvalue weighted by molar-refractivity contribution is 5.95. The Morgan fingerprint density at radius 1 is 1.15 bits per heavy atom. The lowest BCUT2D eigenvalue weighted by molar-refractivity contribution is -0.133. The van der Waals surface area contributed by atoms with Crippen molar-refractivity contribution in [3.63, 3.8) is 0 Å². The van der Waals surface area contributed by atoms with Crippen molar-refractivity contribution in [2.45, 2.75) is 38.8 Å². The lowest BCUT2D eigenvalue weighted by Gasteiger charge is -2.34. The van der Waals surface area contributed by atoms with Gasteiger partial charge in [0.2, 0.25) is 5.91 Å². The maximum Gasteiger partial charge on any atom is 0.255 e. The molecule has 1 fully saturated rings. The highest BCUT2D eigenvalue weighted by Crippen LogP contribution is 2.19. The molecule has 0 radical (unpaired) electrons. The van der Waals surface area contributed by atoms with Crippen LogP contribution in [-0.2, 0) is 4.79 Å². The van der Waals surface area contributed by atoms with Crippen LogP contribution in [0.25, 0.3) is 0 Å². The average Bonchev–Trinajstić information content (AvgIpc) is 3.08. The number of rotatable bonds is 4. The third-order valence-corrected chi connectivity index (χ3v) is 4.95. The Hall–Kier alpha value is -2.31. The van der Waals surface area contributed by atoms with Crippen LogP contribution in [0.5, 0.6) is 0 Å². The van der Waals surface area contributed by atoms with Crippen LogP contribution in [0.4, 0.5) is 0 Å². The molecule has 3 rings (SSSR count). The monoisotopic (exact) mass is 391 g/mol. The number of piperidine rings is 1. The highest BCUT2D eigenvalue weighted by atomic mass is 35.5. The summed E-state index contributed by atoms with van der Waals surface area (Å²) in [5.41, 5.74) is 8.67. The highest BCUT2D eigenvalue weighted by Gasteiger charge is 2.28. The Labute approximate surface area is 165 Å². The van der Waals surface area contributed by atoms with Crippen LogP contribution < -0.4 is 11.1 Å². The van der Waals surface area contributed by atoms with E-state index in [9.17, 15) is 9.59 Å². The van der Waals surface area contributed by atoms with E-state index in [1.807, 2.05) is 31.2 Å². The van der Waals surface area contributed by atoms with Crippen molar-refractivity contribution >= 4 is 24.2 Å². The zero-order valence-electron chi connectivity index (χ0n) is 15.6. The molecule has 1 aromatic heterocycles. The topological polar surface area (TPSA) is 88.6 Å². The van der Waals surface area contributed by atoms with E-state index in [1.54, 1.807) is 17.9 Å². The number of hydrogen-bond donors (Lipinski definition) is 2. The average molecular weight is 392 g/mol. The van der Waals surface area contributed by atoms with E-state index < -0.39 is 6.04 Å². The van der Waals surface area contributed by atoms with Gasteiger partial charge < -0.3 is 20.4 Å². The third-order valence-electron chi connectivity index (χ3n) is 4.95. The summed E-state index contributed by atoms with van der Waals surface area (Å²) in [4.78, 5) is 26.7. The Kier molecular flexibility index (Phi) is 7.05. The molecule has 0 saturated carbocycles. The van der Waals surface area contributed by atoms with Gasteiger partial charge in [-0.1, -0.05) is 29.8 Å². The number of likely N-dealkylation sites (tertiary alicyclic amines) is 1. The van der Waals surface area contributed by atoms with E-state index in [1.165, 1.54) is 6.26 Å². The summed E-state index contributed by atoms with van der Waals surface area (Å²) < 4.78 is 5.17. The smallest absolute Gasteiger partial charge is 0.255 e. The van der Waals surface area contributed by atoms with Crippen LogP contribution in [0.3, 0.4) is 0 Å². The fraction of sp³-hybridized carbons (Fsp3) is 0.400. The Balaban J connectivity index is 0.00000261. The zero-order chi connectivity index (χ0) is 18.7. The number of halogens is 1. The largest absolute Gasteiger partial charge is 0.469 e. The van der Waals surface area contributed by atoms with Gasteiger partial charge in [0.1, 0.15) is 11.8 Å². The standard InChI is InChI=1S/C20H25N3O3.ClH/c1-13-3-5-15(6-4-13)18(21)20(25)23-10-7-16(8-11-23)22-19(24)17-9-12-26-14(17)2;/h3-6,9,12,16,18H,7-8,10-11,21H2,1-2H3,(H,22,24);1H. The summed E-state index contributed by atoms with van der Waals surface area (Å²) in [6.45, 7) is 4.95. The molecule has 1 unspecified atom stereocenters. The van der Waals surface area contributed by atoms with Crippen molar-refractivity contribution in [1.82, 2.24) is 10.2 Å². The number of nitrogens with zero attached hydrogens (tertiary/aromatic N) is 1. The number of furan rings is 1. The van der Waals surface area contributed by atoms with Gasteiger partial charge in [0, 0.05) is 19.1 Å². The molecule has 0 spiro atoms. The van der Waals surface area contributed by atoms with Gasteiger partial charge in [-0.15, -0.1) is 12.4 Å². The maximum atomic E-state index is 12.6. The molecule has 27 heavy (non-hydrogen) atoms. The number of hydrogen-bond acceptors (Lipinski definition) is 4. The Bertz CT molecular complexity index is 780. The van der Waals surface area contributed by atoms with Crippen molar-refractivity contribution in [2.75, 3.05) is 13.1 Å². The molecule has 1 aromatic carbocycles. The fourth-order valence-electron chi connectivity index (χ4n) is 3.24. The number of carbonyl (C=O) groups excluding carboxylic acids is 2. The van der Waals surface area contributed by atoms with Gasteiger partial charge in [0.25, 0.3) is 5.91 Å². The molecule has 1 aliphatic heterocycles. The fourth-order valence-corrected chi connectivity index (χ4v) is 3.24. The summed E-state index contributed by atoms with van der Waals surface area (Å²) in [7, 11) is 0. The molecule has 2 amide bonds. The summed E-state index contributed by atoms with van der Waals surface area (Å²) >= 11 is 0. The first kappa shape index (κ1) is 21.0. The second-order valence-corrected chi connectivity index (χ2v) is 6.85. The molecule has 6 nitrogen and oxygen atoms in total. The molecular formula is C20H26ClN3O3. The Morgan fingerprint density at radius 2 is 1.78 bits per heavy atom. The predicted molar refractivity (Wildman–Crippen MR) is 106 cm³/mol. The summed E-state index contributed by atoms with van der Waals surface area (Å²) in [6.07, 6.45) is 2.95. The molecule has 146 valence electrons. The van der Waals surface area contributed by atoms with Crippen LogP contribution in [-0.4, -0.2) is 35.8 Å².